The highest BCUT2D eigenvalue weighted by Crippen LogP contribution is 2.25. The zero-order chi connectivity index (χ0) is 29.2. The van der Waals surface area contributed by atoms with Gasteiger partial charge >= 0.3 is 0 Å². The number of fused-ring (bicyclic) bond motifs is 2. The molecule has 42 heavy (non-hydrogen) atoms. The van der Waals surface area contributed by atoms with Crippen molar-refractivity contribution in [2.45, 2.75) is 116 Å². The molecule has 0 saturated heterocycles. The van der Waals surface area contributed by atoms with Crippen molar-refractivity contribution in [3.05, 3.63) is 25.3 Å². The second-order valence-corrected chi connectivity index (χ2v) is 13.7. The molecule has 0 fully saturated rings. The molecule has 0 saturated carbocycles. The fraction of sp³-hybridized carbons (Fsp3) is 0.667. The highest BCUT2D eigenvalue weighted by atomic mass is 33.1. The number of imidazole rings is 2. The maximum Gasteiger partial charge on any atom is 0.165 e. The molecule has 0 aliphatic carbocycles. The lowest BCUT2D eigenvalue weighted by Crippen LogP contribution is -1.99. The van der Waals surface area contributed by atoms with Crippen LogP contribution in [0.2, 0.25) is 0 Å². The number of rotatable bonds is 23. The lowest BCUT2D eigenvalue weighted by Gasteiger charge is -2.05. The Morgan fingerprint density at radius 2 is 0.810 bits per heavy atom. The SMILES string of the molecule is Nc1ncnc2c1ncn2CCCCCCCCCCSSCCCCCCCCCCn1cnc2c(N)ncnc21. The predicted molar refractivity (Wildman–Crippen MR) is 178 cm³/mol. The summed E-state index contributed by atoms with van der Waals surface area (Å²) in [6.45, 7) is 1.89. The summed E-state index contributed by atoms with van der Waals surface area (Å²) >= 11 is 0. The number of nitrogens with two attached hydrogens (primary N) is 2. The van der Waals surface area contributed by atoms with Gasteiger partial charge in [0.1, 0.15) is 23.7 Å². The molecule has 230 valence electrons. The zero-order valence-electron chi connectivity index (χ0n) is 25.0. The first-order valence-corrected chi connectivity index (χ1v) is 18.3. The minimum atomic E-state index is 0.459. The van der Waals surface area contributed by atoms with Crippen molar-refractivity contribution < 1.29 is 0 Å². The van der Waals surface area contributed by atoms with Crippen molar-refractivity contribution in [1.29, 1.82) is 0 Å². The highest BCUT2D eigenvalue weighted by molar-refractivity contribution is 8.76. The molecule has 0 aromatic carbocycles. The van der Waals surface area contributed by atoms with E-state index in [0.717, 1.165) is 37.2 Å². The molecule has 4 heterocycles. The quantitative estimate of drug-likeness (QED) is 0.0641. The Morgan fingerprint density at radius 3 is 1.21 bits per heavy atom. The summed E-state index contributed by atoms with van der Waals surface area (Å²) in [5.74, 6) is 3.52. The van der Waals surface area contributed by atoms with Gasteiger partial charge < -0.3 is 20.6 Å². The monoisotopic (exact) mass is 612 g/mol. The molecule has 10 nitrogen and oxygen atoms in total. The number of aromatic nitrogens is 8. The van der Waals surface area contributed by atoms with Gasteiger partial charge in [-0.1, -0.05) is 98.6 Å². The van der Waals surface area contributed by atoms with E-state index in [0.29, 0.717) is 22.7 Å². The smallest absolute Gasteiger partial charge is 0.165 e. The van der Waals surface area contributed by atoms with Gasteiger partial charge in [0.25, 0.3) is 0 Å². The second kappa shape index (κ2) is 18.8. The molecule has 0 atom stereocenters. The van der Waals surface area contributed by atoms with Crippen LogP contribution in [0.15, 0.2) is 25.3 Å². The summed E-state index contributed by atoms with van der Waals surface area (Å²) in [4.78, 5) is 25.3. The average Bonchev–Trinajstić information content (AvgIpc) is 3.61. The topological polar surface area (TPSA) is 139 Å². The average molecular weight is 613 g/mol. The number of hydrogen-bond acceptors (Lipinski definition) is 10. The fourth-order valence-electron chi connectivity index (χ4n) is 5.25. The molecule has 0 spiro atoms. The molecule has 0 aliphatic heterocycles. The fourth-order valence-corrected chi connectivity index (χ4v) is 7.54. The maximum atomic E-state index is 5.86. The van der Waals surface area contributed by atoms with E-state index < -0.39 is 0 Å². The van der Waals surface area contributed by atoms with Crippen LogP contribution in [0, 0.1) is 0 Å². The lowest BCUT2D eigenvalue weighted by molar-refractivity contribution is 0.547. The first kappa shape index (κ1) is 32.3. The van der Waals surface area contributed by atoms with E-state index in [9.17, 15) is 0 Å². The third-order valence-electron chi connectivity index (χ3n) is 7.70. The zero-order valence-corrected chi connectivity index (χ0v) is 26.6. The van der Waals surface area contributed by atoms with Crippen molar-refractivity contribution >= 4 is 55.6 Å². The van der Waals surface area contributed by atoms with Crippen LogP contribution in [0.4, 0.5) is 11.6 Å². The van der Waals surface area contributed by atoms with Crippen molar-refractivity contribution in [1.82, 2.24) is 39.0 Å². The molecule has 4 aromatic rings. The van der Waals surface area contributed by atoms with Gasteiger partial charge in [0.2, 0.25) is 0 Å². The standard InChI is InChI=1S/C30H48N10S2/c31-27-25-29(35-21-33-27)39(23-37-25)17-13-9-5-1-3-7-11-15-19-41-42-20-16-12-8-4-2-6-10-14-18-40-24-38-26-28(32)34-22-36-30(26)40/h21-24H,1-20H2,(H2,31,33,35)(H2,32,34,36). The third-order valence-corrected chi connectivity index (χ3v) is 10.3. The normalized spacial score (nSPS) is 11.7. The molecule has 0 bridgehead atoms. The van der Waals surface area contributed by atoms with Crippen LogP contribution >= 0.6 is 21.6 Å². The maximum absolute atomic E-state index is 5.86. The van der Waals surface area contributed by atoms with Crippen LogP contribution in [0.25, 0.3) is 22.3 Å². The van der Waals surface area contributed by atoms with E-state index in [1.807, 2.05) is 12.7 Å². The Hall–Kier alpha value is -2.60. The Labute approximate surface area is 258 Å². The van der Waals surface area contributed by atoms with Gasteiger partial charge in [0.15, 0.2) is 22.9 Å². The van der Waals surface area contributed by atoms with E-state index >= 15 is 0 Å². The Morgan fingerprint density at radius 1 is 0.452 bits per heavy atom. The molecular weight excluding hydrogens is 565 g/mol. The Kier molecular flexibility index (Phi) is 14.5. The van der Waals surface area contributed by atoms with Crippen LogP contribution in [0.1, 0.15) is 103 Å². The van der Waals surface area contributed by atoms with Crippen molar-refractivity contribution in [3.8, 4) is 0 Å². The summed E-state index contributed by atoms with van der Waals surface area (Å²) in [5, 5.41) is 0. The van der Waals surface area contributed by atoms with Gasteiger partial charge in [-0.15, -0.1) is 0 Å². The largest absolute Gasteiger partial charge is 0.382 e. The minimum absolute atomic E-state index is 0.459. The van der Waals surface area contributed by atoms with Crippen LogP contribution in [0.3, 0.4) is 0 Å². The van der Waals surface area contributed by atoms with Crippen LogP contribution in [0.5, 0.6) is 0 Å². The van der Waals surface area contributed by atoms with Gasteiger partial charge in [0, 0.05) is 24.6 Å². The molecule has 12 heteroatoms. The second-order valence-electron chi connectivity index (χ2n) is 11.0. The van der Waals surface area contributed by atoms with Crippen LogP contribution < -0.4 is 11.5 Å². The summed E-state index contributed by atoms with van der Waals surface area (Å²) in [7, 11) is 4.15. The number of aryl methyl sites for hydroxylation is 2. The molecule has 0 aliphatic rings. The van der Waals surface area contributed by atoms with E-state index in [2.05, 4.69) is 60.6 Å². The van der Waals surface area contributed by atoms with Gasteiger partial charge in [-0.25, -0.2) is 29.9 Å². The lowest BCUT2D eigenvalue weighted by atomic mass is 10.1. The number of nitrogens with zero attached hydrogens (tertiary/aromatic N) is 8. The van der Waals surface area contributed by atoms with E-state index in [4.69, 9.17) is 11.5 Å². The molecule has 0 radical (unpaired) electrons. The number of nitrogen functional groups attached to an aromatic ring is 2. The molecule has 4 aromatic heterocycles. The Balaban J connectivity index is 0.847. The summed E-state index contributed by atoms with van der Waals surface area (Å²) < 4.78 is 4.18. The number of hydrogen-bond donors (Lipinski definition) is 2. The number of anilines is 2. The van der Waals surface area contributed by atoms with Crippen molar-refractivity contribution in [2.24, 2.45) is 0 Å². The van der Waals surface area contributed by atoms with E-state index in [-0.39, 0.29) is 0 Å². The number of unbranched alkanes of at least 4 members (excludes halogenated alkanes) is 14. The van der Waals surface area contributed by atoms with Gasteiger partial charge in [-0.3, -0.25) is 0 Å². The first-order valence-electron chi connectivity index (χ1n) is 15.8. The summed E-state index contributed by atoms with van der Waals surface area (Å²) in [6, 6.07) is 0. The van der Waals surface area contributed by atoms with Crippen molar-refractivity contribution in [3.63, 3.8) is 0 Å². The molecule has 0 amide bonds. The van der Waals surface area contributed by atoms with Crippen LogP contribution in [-0.4, -0.2) is 50.5 Å². The van der Waals surface area contributed by atoms with E-state index in [1.165, 1.54) is 114 Å². The summed E-state index contributed by atoms with van der Waals surface area (Å²) in [5.41, 5.74) is 14.8. The van der Waals surface area contributed by atoms with Crippen LogP contribution in [-0.2, 0) is 13.1 Å². The third kappa shape index (κ3) is 10.6. The van der Waals surface area contributed by atoms with Gasteiger partial charge in [0.05, 0.1) is 12.7 Å². The highest BCUT2D eigenvalue weighted by Gasteiger charge is 2.08. The first-order chi connectivity index (χ1) is 20.7. The van der Waals surface area contributed by atoms with Gasteiger partial charge in [-0.05, 0) is 25.7 Å². The van der Waals surface area contributed by atoms with Crippen molar-refractivity contribution in [2.75, 3.05) is 23.0 Å². The molecular formula is C30H48N10S2. The molecule has 0 unspecified atom stereocenters. The molecule has 4 rings (SSSR count). The predicted octanol–water partition coefficient (Wildman–Crippen LogP) is 7.45. The summed E-state index contributed by atoms with van der Waals surface area (Å²) in [6.07, 6.45) is 27.7. The Bertz CT molecular complexity index is 1210. The minimum Gasteiger partial charge on any atom is -0.382 e. The van der Waals surface area contributed by atoms with E-state index in [1.54, 1.807) is 0 Å². The van der Waals surface area contributed by atoms with Gasteiger partial charge in [-0.2, -0.15) is 0 Å². The molecule has 4 N–H and O–H groups in total.